The predicted octanol–water partition coefficient (Wildman–Crippen LogP) is 5.61. The quantitative estimate of drug-likeness (QED) is 0.537. The zero-order valence-corrected chi connectivity index (χ0v) is 17.0. The van der Waals surface area contributed by atoms with Gasteiger partial charge in [0.05, 0.1) is 18.1 Å². The molecular formula is C20H17BrFNO3S. The van der Waals surface area contributed by atoms with Crippen molar-refractivity contribution >= 4 is 44.9 Å². The first kappa shape index (κ1) is 19.6. The third kappa shape index (κ3) is 4.78. The van der Waals surface area contributed by atoms with Gasteiger partial charge in [-0.1, -0.05) is 35.0 Å². The normalized spacial score (nSPS) is 15.7. The molecule has 0 N–H and O–H groups in total. The van der Waals surface area contributed by atoms with Crippen LogP contribution in [0, 0.1) is 5.82 Å². The highest BCUT2D eigenvalue weighted by Gasteiger charge is 2.35. The molecule has 0 unspecified atom stereocenters. The molecule has 0 saturated carbocycles. The van der Waals surface area contributed by atoms with Gasteiger partial charge in [0.1, 0.15) is 11.6 Å². The van der Waals surface area contributed by atoms with Crippen LogP contribution in [-0.4, -0.2) is 22.7 Å². The van der Waals surface area contributed by atoms with E-state index in [1.165, 1.54) is 12.1 Å². The van der Waals surface area contributed by atoms with E-state index in [9.17, 15) is 14.0 Å². The number of nitrogens with zero attached hydrogens (tertiary/aromatic N) is 1. The lowest BCUT2D eigenvalue weighted by Crippen LogP contribution is -2.27. The third-order valence-electron chi connectivity index (χ3n) is 3.85. The lowest BCUT2D eigenvalue weighted by molar-refractivity contribution is -0.123. The Morgan fingerprint density at radius 1 is 1.19 bits per heavy atom. The maximum atomic E-state index is 13.0. The minimum atomic E-state index is -0.365. The zero-order chi connectivity index (χ0) is 19.4. The zero-order valence-electron chi connectivity index (χ0n) is 14.6. The second-order valence-electron chi connectivity index (χ2n) is 5.92. The first-order chi connectivity index (χ1) is 13.0. The van der Waals surface area contributed by atoms with Gasteiger partial charge in [0, 0.05) is 10.0 Å². The van der Waals surface area contributed by atoms with E-state index in [1.54, 1.807) is 18.2 Å². The average molecular weight is 450 g/mol. The summed E-state index contributed by atoms with van der Waals surface area (Å²) in [6, 6.07) is 11.3. The molecule has 1 aliphatic heterocycles. The van der Waals surface area contributed by atoms with Gasteiger partial charge in [0.25, 0.3) is 11.1 Å². The van der Waals surface area contributed by atoms with Crippen molar-refractivity contribution in [2.45, 2.75) is 19.9 Å². The number of benzene rings is 2. The molecule has 1 saturated heterocycles. The predicted molar refractivity (Wildman–Crippen MR) is 108 cm³/mol. The second-order valence-corrected chi connectivity index (χ2v) is 7.83. The summed E-state index contributed by atoms with van der Waals surface area (Å²) in [4.78, 5) is 26.5. The van der Waals surface area contributed by atoms with Crippen LogP contribution in [0.5, 0.6) is 5.75 Å². The fourth-order valence-corrected chi connectivity index (χ4v) is 3.73. The van der Waals surface area contributed by atoms with Crippen molar-refractivity contribution in [1.82, 2.24) is 4.90 Å². The van der Waals surface area contributed by atoms with Gasteiger partial charge in [-0.05, 0) is 60.2 Å². The molecular weight excluding hydrogens is 433 g/mol. The molecule has 1 fully saturated rings. The first-order valence-corrected chi connectivity index (χ1v) is 10.0. The van der Waals surface area contributed by atoms with E-state index < -0.39 is 0 Å². The number of imide groups is 1. The Kier molecular flexibility index (Phi) is 6.34. The number of carbonyl (C=O) groups excluding carboxylic acids is 2. The maximum Gasteiger partial charge on any atom is 0.293 e. The molecule has 4 nitrogen and oxygen atoms in total. The number of thioether (sulfide) groups is 1. The molecule has 3 rings (SSSR count). The van der Waals surface area contributed by atoms with Gasteiger partial charge in [-0.3, -0.25) is 14.5 Å². The Labute approximate surface area is 169 Å². The van der Waals surface area contributed by atoms with Crippen molar-refractivity contribution in [2.24, 2.45) is 0 Å². The monoisotopic (exact) mass is 449 g/mol. The maximum absolute atomic E-state index is 13.0. The van der Waals surface area contributed by atoms with E-state index in [0.29, 0.717) is 22.8 Å². The average Bonchev–Trinajstić information content (AvgIpc) is 2.90. The van der Waals surface area contributed by atoms with Crippen LogP contribution in [0.2, 0.25) is 0 Å². The van der Waals surface area contributed by atoms with E-state index >= 15 is 0 Å². The van der Waals surface area contributed by atoms with Crippen molar-refractivity contribution < 1.29 is 18.7 Å². The molecule has 0 aromatic heterocycles. The van der Waals surface area contributed by atoms with Gasteiger partial charge < -0.3 is 4.74 Å². The van der Waals surface area contributed by atoms with Crippen LogP contribution in [0.3, 0.4) is 0 Å². The Morgan fingerprint density at radius 3 is 2.63 bits per heavy atom. The highest BCUT2D eigenvalue weighted by Crippen LogP contribution is 2.35. The fraction of sp³-hybridized carbons (Fsp3) is 0.200. The van der Waals surface area contributed by atoms with E-state index in [4.69, 9.17) is 4.74 Å². The summed E-state index contributed by atoms with van der Waals surface area (Å²) < 4.78 is 19.6. The molecule has 0 radical (unpaired) electrons. The smallest absolute Gasteiger partial charge is 0.293 e. The van der Waals surface area contributed by atoms with Crippen LogP contribution in [0.4, 0.5) is 9.18 Å². The minimum Gasteiger partial charge on any atom is -0.493 e. The number of hydrogen-bond acceptors (Lipinski definition) is 4. The summed E-state index contributed by atoms with van der Waals surface area (Å²) in [7, 11) is 0. The molecule has 1 aliphatic rings. The van der Waals surface area contributed by atoms with Crippen molar-refractivity contribution in [3.05, 3.63) is 68.8 Å². The van der Waals surface area contributed by atoms with E-state index in [2.05, 4.69) is 15.9 Å². The Hall–Kier alpha value is -2.12. The van der Waals surface area contributed by atoms with Crippen LogP contribution in [0.25, 0.3) is 6.08 Å². The van der Waals surface area contributed by atoms with Crippen LogP contribution in [0.1, 0.15) is 24.5 Å². The standard InChI is InChI=1S/C20H17BrFNO3S/c1-2-9-26-17-8-5-15(21)10-14(17)11-18-19(24)23(20(25)27-18)12-13-3-6-16(22)7-4-13/h3-8,10-11H,2,9,12H2,1H3/b18-11+. The van der Waals surface area contributed by atoms with Gasteiger partial charge in [0.15, 0.2) is 0 Å². The number of rotatable bonds is 6. The number of hydrogen-bond donors (Lipinski definition) is 0. The number of carbonyl (C=O) groups is 2. The molecule has 0 spiro atoms. The number of amides is 2. The van der Waals surface area contributed by atoms with E-state index in [0.717, 1.165) is 33.1 Å². The number of ether oxygens (including phenoxy) is 1. The SMILES string of the molecule is CCCOc1ccc(Br)cc1/C=C1/SC(=O)N(Cc2ccc(F)cc2)C1=O. The van der Waals surface area contributed by atoms with Gasteiger partial charge >= 0.3 is 0 Å². The molecule has 0 atom stereocenters. The third-order valence-corrected chi connectivity index (χ3v) is 5.25. The van der Waals surface area contributed by atoms with Gasteiger partial charge in [0.2, 0.25) is 0 Å². The molecule has 140 valence electrons. The number of halogens is 2. The van der Waals surface area contributed by atoms with Crippen molar-refractivity contribution in [3.8, 4) is 5.75 Å². The van der Waals surface area contributed by atoms with Crippen LogP contribution in [0.15, 0.2) is 51.8 Å². The van der Waals surface area contributed by atoms with Crippen LogP contribution in [-0.2, 0) is 11.3 Å². The molecule has 0 bridgehead atoms. The largest absolute Gasteiger partial charge is 0.493 e. The molecule has 7 heteroatoms. The summed E-state index contributed by atoms with van der Waals surface area (Å²) in [6.45, 7) is 2.69. The molecule has 2 aromatic carbocycles. The van der Waals surface area contributed by atoms with Crippen molar-refractivity contribution in [3.63, 3.8) is 0 Å². The highest BCUT2D eigenvalue weighted by molar-refractivity contribution is 9.10. The van der Waals surface area contributed by atoms with Gasteiger partial charge in [-0.15, -0.1) is 0 Å². The lowest BCUT2D eigenvalue weighted by atomic mass is 10.1. The fourth-order valence-electron chi connectivity index (χ4n) is 2.53. The summed E-state index contributed by atoms with van der Waals surface area (Å²) >= 11 is 4.31. The van der Waals surface area contributed by atoms with Crippen molar-refractivity contribution in [1.29, 1.82) is 0 Å². The molecule has 2 aromatic rings. The second kappa shape index (κ2) is 8.71. The van der Waals surface area contributed by atoms with Crippen LogP contribution >= 0.6 is 27.7 Å². The molecule has 27 heavy (non-hydrogen) atoms. The summed E-state index contributed by atoms with van der Waals surface area (Å²) in [5.41, 5.74) is 1.42. The van der Waals surface area contributed by atoms with Crippen LogP contribution < -0.4 is 4.74 Å². The minimum absolute atomic E-state index is 0.111. The highest BCUT2D eigenvalue weighted by atomic mass is 79.9. The summed E-state index contributed by atoms with van der Waals surface area (Å²) in [5.74, 6) is -0.0665. The van der Waals surface area contributed by atoms with Gasteiger partial charge in [-0.25, -0.2) is 4.39 Å². The topological polar surface area (TPSA) is 46.6 Å². The molecule has 0 aliphatic carbocycles. The van der Waals surface area contributed by atoms with Crippen molar-refractivity contribution in [2.75, 3.05) is 6.61 Å². The summed E-state index contributed by atoms with van der Waals surface area (Å²) in [5, 5.41) is -0.346. The van der Waals surface area contributed by atoms with E-state index in [-0.39, 0.29) is 23.5 Å². The first-order valence-electron chi connectivity index (χ1n) is 8.40. The lowest BCUT2D eigenvalue weighted by Gasteiger charge is -2.12. The Balaban J connectivity index is 1.84. The van der Waals surface area contributed by atoms with Gasteiger partial charge in [-0.2, -0.15) is 0 Å². The Morgan fingerprint density at radius 2 is 1.93 bits per heavy atom. The summed E-state index contributed by atoms with van der Waals surface area (Å²) in [6.07, 6.45) is 2.54. The molecule has 2 amide bonds. The molecule has 1 heterocycles. The Bertz CT molecular complexity index is 899. The van der Waals surface area contributed by atoms with E-state index in [1.807, 2.05) is 25.1 Å².